The van der Waals surface area contributed by atoms with Crippen LogP contribution in [0.2, 0.25) is 0 Å². The van der Waals surface area contributed by atoms with Crippen LogP contribution in [0.15, 0.2) is 94.8 Å². The van der Waals surface area contributed by atoms with E-state index >= 15 is 0 Å². The Morgan fingerprint density at radius 1 is 1.21 bits per heavy atom. The lowest BCUT2D eigenvalue weighted by Gasteiger charge is -2.36. The van der Waals surface area contributed by atoms with Crippen molar-refractivity contribution in [1.29, 1.82) is 0 Å². The van der Waals surface area contributed by atoms with Gasteiger partial charge in [-0.1, -0.05) is 60.8 Å². The quantitative estimate of drug-likeness (QED) is 0.435. The molecule has 4 rings (SSSR count). The van der Waals surface area contributed by atoms with Crippen LogP contribution in [0.5, 0.6) is 0 Å². The van der Waals surface area contributed by atoms with Gasteiger partial charge in [-0.2, -0.15) is 0 Å². The van der Waals surface area contributed by atoms with Gasteiger partial charge in [0.05, 0.1) is 23.7 Å². The number of carbonyl (C=O) groups is 2. The number of esters is 1. The Morgan fingerprint density at radius 3 is 2.74 bits per heavy atom. The molecule has 7 nitrogen and oxygen atoms in total. The number of hydrogen-bond donors (Lipinski definition) is 1. The van der Waals surface area contributed by atoms with Gasteiger partial charge in [0.2, 0.25) is 5.91 Å². The summed E-state index contributed by atoms with van der Waals surface area (Å²) in [5.41, 5.74) is 3.70. The standard InChI is InChI=1S/C26H26N4O3S/c1-3-15-33-25(32)23-18(2)29-26-30(24(23)19-9-5-4-6-10-19)21(17-34-26)16-22(31)28-14-12-20-11-7-8-13-27-20/h3-11,13,17,24H,1,12,14-16H2,2H3,(H,28,31). The van der Waals surface area contributed by atoms with Crippen LogP contribution < -0.4 is 5.32 Å². The first-order valence-corrected chi connectivity index (χ1v) is 11.9. The molecule has 8 heteroatoms. The first-order valence-electron chi connectivity index (χ1n) is 11.0. The minimum absolute atomic E-state index is 0.0992. The SMILES string of the molecule is C=CCOC(=O)C1=C(C)N=C2SC=C(CC(=O)NCCc3ccccn3)N2C1c1ccccc1. The zero-order chi connectivity index (χ0) is 23.9. The van der Waals surface area contributed by atoms with Gasteiger partial charge in [0.15, 0.2) is 5.17 Å². The number of ether oxygens (including phenoxy) is 1. The zero-order valence-electron chi connectivity index (χ0n) is 18.9. The smallest absolute Gasteiger partial charge is 0.338 e. The molecule has 2 aliphatic rings. The van der Waals surface area contributed by atoms with Crippen molar-refractivity contribution < 1.29 is 14.3 Å². The lowest BCUT2D eigenvalue weighted by Crippen LogP contribution is -2.38. The summed E-state index contributed by atoms with van der Waals surface area (Å²) in [5.74, 6) is -0.539. The molecule has 1 aromatic carbocycles. The second-order valence-corrected chi connectivity index (χ2v) is 8.63. The van der Waals surface area contributed by atoms with Crippen LogP contribution in [0.1, 0.15) is 30.6 Å². The maximum absolute atomic E-state index is 13.0. The molecule has 0 aliphatic carbocycles. The normalized spacial score (nSPS) is 17.0. The van der Waals surface area contributed by atoms with E-state index in [-0.39, 0.29) is 18.9 Å². The summed E-state index contributed by atoms with van der Waals surface area (Å²) in [6.45, 7) is 6.05. The van der Waals surface area contributed by atoms with Crippen LogP contribution in [-0.2, 0) is 20.7 Å². The van der Waals surface area contributed by atoms with Crippen molar-refractivity contribution in [3.63, 3.8) is 0 Å². The molecule has 1 atom stereocenters. The number of aliphatic imine (C=N–C) groups is 1. The summed E-state index contributed by atoms with van der Waals surface area (Å²) in [6, 6.07) is 15.0. The third kappa shape index (κ3) is 5.28. The number of aromatic nitrogens is 1. The van der Waals surface area contributed by atoms with Crippen molar-refractivity contribution >= 4 is 28.8 Å². The van der Waals surface area contributed by atoms with E-state index in [4.69, 9.17) is 4.74 Å². The van der Waals surface area contributed by atoms with Crippen molar-refractivity contribution in [2.75, 3.05) is 13.2 Å². The van der Waals surface area contributed by atoms with Crippen molar-refractivity contribution in [3.05, 3.63) is 101 Å². The highest BCUT2D eigenvalue weighted by Crippen LogP contribution is 2.44. The average Bonchev–Trinajstić information content (AvgIpc) is 3.24. The van der Waals surface area contributed by atoms with E-state index in [1.165, 1.54) is 17.8 Å². The molecule has 0 saturated carbocycles. The minimum atomic E-state index is -0.440. The predicted molar refractivity (Wildman–Crippen MR) is 134 cm³/mol. The molecular weight excluding hydrogens is 448 g/mol. The van der Waals surface area contributed by atoms with Crippen molar-refractivity contribution in [2.45, 2.75) is 25.8 Å². The molecule has 1 amide bonds. The Hall–Kier alpha value is -3.65. The summed E-state index contributed by atoms with van der Waals surface area (Å²) in [6.07, 6.45) is 4.11. The second kappa shape index (κ2) is 11.0. The van der Waals surface area contributed by atoms with Crippen LogP contribution in [0, 0.1) is 0 Å². The number of allylic oxidation sites excluding steroid dienone is 1. The Balaban J connectivity index is 1.53. The highest BCUT2D eigenvalue weighted by molar-refractivity contribution is 8.16. The van der Waals surface area contributed by atoms with E-state index in [2.05, 4.69) is 21.9 Å². The number of benzene rings is 1. The van der Waals surface area contributed by atoms with E-state index in [1.54, 1.807) is 6.20 Å². The first kappa shape index (κ1) is 23.5. The molecule has 0 spiro atoms. The summed E-state index contributed by atoms with van der Waals surface area (Å²) >= 11 is 1.45. The lowest BCUT2D eigenvalue weighted by molar-refractivity contribution is -0.138. The third-order valence-corrected chi connectivity index (χ3v) is 6.33. The van der Waals surface area contributed by atoms with E-state index in [0.29, 0.717) is 24.2 Å². The summed E-state index contributed by atoms with van der Waals surface area (Å²) in [7, 11) is 0. The number of rotatable bonds is 9. The first-order chi connectivity index (χ1) is 16.6. The molecule has 0 fully saturated rings. The molecule has 174 valence electrons. The van der Waals surface area contributed by atoms with E-state index in [1.807, 2.05) is 65.8 Å². The molecular formula is C26H26N4O3S. The van der Waals surface area contributed by atoms with Gasteiger partial charge in [-0.15, -0.1) is 0 Å². The molecule has 0 saturated heterocycles. The fourth-order valence-electron chi connectivity index (χ4n) is 3.90. The van der Waals surface area contributed by atoms with E-state index < -0.39 is 12.0 Å². The van der Waals surface area contributed by atoms with Crippen molar-refractivity contribution in [3.8, 4) is 0 Å². The summed E-state index contributed by atoms with van der Waals surface area (Å²) in [4.78, 5) is 36.7. The van der Waals surface area contributed by atoms with Crippen LogP contribution in [0.4, 0.5) is 0 Å². The van der Waals surface area contributed by atoms with Crippen LogP contribution in [0.3, 0.4) is 0 Å². The highest BCUT2D eigenvalue weighted by atomic mass is 32.2. The molecule has 34 heavy (non-hydrogen) atoms. The fourth-order valence-corrected chi connectivity index (χ4v) is 4.86. The number of hydrogen-bond acceptors (Lipinski definition) is 7. The van der Waals surface area contributed by atoms with Crippen molar-refractivity contribution in [2.24, 2.45) is 4.99 Å². The average molecular weight is 475 g/mol. The van der Waals surface area contributed by atoms with Gasteiger partial charge in [-0.05, 0) is 30.0 Å². The third-order valence-electron chi connectivity index (χ3n) is 5.44. The number of nitrogens with one attached hydrogen (secondary N) is 1. The maximum Gasteiger partial charge on any atom is 0.338 e. The van der Waals surface area contributed by atoms with E-state index in [9.17, 15) is 9.59 Å². The number of pyridine rings is 1. The highest BCUT2D eigenvalue weighted by Gasteiger charge is 2.41. The van der Waals surface area contributed by atoms with Gasteiger partial charge in [0.1, 0.15) is 6.61 Å². The molecule has 2 aliphatic heterocycles. The molecule has 0 bridgehead atoms. The zero-order valence-corrected chi connectivity index (χ0v) is 19.8. The second-order valence-electron chi connectivity index (χ2n) is 7.79. The molecule has 1 aromatic heterocycles. The maximum atomic E-state index is 13.0. The van der Waals surface area contributed by atoms with Gasteiger partial charge in [-0.25, -0.2) is 9.79 Å². The minimum Gasteiger partial charge on any atom is -0.458 e. The number of amidine groups is 1. The van der Waals surface area contributed by atoms with Crippen LogP contribution in [-0.4, -0.2) is 40.1 Å². The Morgan fingerprint density at radius 2 is 2.00 bits per heavy atom. The van der Waals surface area contributed by atoms with Gasteiger partial charge >= 0.3 is 5.97 Å². The van der Waals surface area contributed by atoms with E-state index in [0.717, 1.165) is 22.1 Å². The van der Waals surface area contributed by atoms with Crippen LogP contribution >= 0.6 is 11.8 Å². The number of fused-ring (bicyclic) bond motifs is 1. The largest absolute Gasteiger partial charge is 0.458 e. The molecule has 0 radical (unpaired) electrons. The van der Waals surface area contributed by atoms with Crippen LogP contribution in [0.25, 0.3) is 0 Å². The van der Waals surface area contributed by atoms with Gasteiger partial charge in [0, 0.05) is 30.6 Å². The topological polar surface area (TPSA) is 83.9 Å². The lowest BCUT2D eigenvalue weighted by atomic mass is 9.94. The summed E-state index contributed by atoms with van der Waals surface area (Å²) < 4.78 is 5.39. The molecule has 1 unspecified atom stereocenters. The number of amides is 1. The number of nitrogens with zero attached hydrogens (tertiary/aromatic N) is 3. The fraction of sp³-hybridized carbons (Fsp3) is 0.231. The summed E-state index contributed by atoms with van der Waals surface area (Å²) in [5, 5.41) is 5.64. The Kier molecular flexibility index (Phi) is 7.59. The molecule has 3 heterocycles. The van der Waals surface area contributed by atoms with Gasteiger partial charge in [-0.3, -0.25) is 9.78 Å². The number of carbonyl (C=O) groups excluding carboxylic acids is 2. The Labute approximate surface area is 203 Å². The van der Waals surface area contributed by atoms with Crippen molar-refractivity contribution in [1.82, 2.24) is 15.2 Å². The van der Waals surface area contributed by atoms with Gasteiger partial charge < -0.3 is 15.0 Å². The Bertz CT molecular complexity index is 1160. The molecule has 1 N–H and O–H groups in total. The number of thioether (sulfide) groups is 1. The molecule has 2 aromatic rings. The monoisotopic (exact) mass is 474 g/mol. The van der Waals surface area contributed by atoms with Gasteiger partial charge in [0.25, 0.3) is 0 Å². The predicted octanol–water partition coefficient (Wildman–Crippen LogP) is 4.13.